The molecule has 0 radical (unpaired) electrons. The Morgan fingerprint density at radius 3 is 2.62 bits per heavy atom. The summed E-state index contributed by atoms with van der Waals surface area (Å²) < 4.78 is 0. The molecule has 3 N–H and O–H groups in total. The van der Waals surface area contributed by atoms with Gasteiger partial charge >= 0.3 is 5.97 Å². The van der Waals surface area contributed by atoms with Crippen molar-refractivity contribution < 1.29 is 9.90 Å². The molecular weight excluding hydrogens is 262 g/mol. The summed E-state index contributed by atoms with van der Waals surface area (Å²) in [5.74, 6) is -0.522. The minimum atomic E-state index is -0.748. The van der Waals surface area contributed by atoms with Gasteiger partial charge in [0.05, 0.1) is 5.92 Å². The Balaban J connectivity index is 2.39. The van der Waals surface area contributed by atoms with Crippen molar-refractivity contribution in [2.24, 2.45) is 17.3 Å². The molecule has 0 saturated heterocycles. The number of carbonyl (C=O) groups is 1. The molecule has 1 aliphatic rings. The van der Waals surface area contributed by atoms with Gasteiger partial charge in [-0.2, -0.15) is 0 Å². The second-order valence-electron chi connectivity index (χ2n) is 7.62. The normalized spacial score (nSPS) is 26.3. The summed E-state index contributed by atoms with van der Waals surface area (Å²) in [5.41, 5.74) is 8.73. The number of benzene rings is 1. The Morgan fingerprint density at radius 2 is 2.05 bits per heavy atom. The lowest BCUT2D eigenvalue weighted by Gasteiger charge is -2.41. The van der Waals surface area contributed by atoms with Crippen molar-refractivity contribution in [3.63, 3.8) is 0 Å². The number of aliphatic carboxylic acids is 1. The largest absolute Gasteiger partial charge is 0.481 e. The van der Waals surface area contributed by atoms with Crippen LogP contribution < -0.4 is 5.73 Å². The predicted octanol–water partition coefficient (Wildman–Crippen LogP) is 4.21. The summed E-state index contributed by atoms with van der Waals surface area (Å²) in [6.45, 7) is 8.70. The second-order valence-corrected chi connectivity index (χ2v) is 7.62. The van der Waals surface area contributed by atoms with Crippen LogP contribution in [0.15, 0.2) is 18.2 Å². The Kier molecular flexibility index (Phi) is 4.31. The maximum absolute atomic E-state index is 11.9. The van der Waals surface area contributed by atoms with Crippen LogP contribution in [0.2, 0.25) is 0 Å². The van der Waals surface area contributed by atoms with Gasteiger partial charge in [-0.15, -0.1) is 0 Å². The van der Waals surface area contributed by atoms with Gasteiger partial charge in [0, 0.05) is 5.69 Å². The fourth-order valence-electron chi connectivity index (χ4n) is 4.23. The van der Waals surface area contributed by atoms with Gasteiger partial charge in [-0.3, -0.25) is 4.79 Å². The van der Waals surface area contributed by atoms with Gasteiger partial charge in [0.1, 0.15) is 0 Å². The van der Waals surface area contributed by atoms with Crippen LogP contribution in [0.1, 0.15) is 57.1 Å². The van der Waals surface area contributed by atoms with E-state index in [0.717, 1.165) is 24.0 Å². The van der Waals surface area contributed by atoms with Crippen LogP contribution in [0, 0.1) is 24.2 Å². The highest BCUT2D eigenvalue weighted by Gasteiger charge is 2.40. The average Bonchev–Trinajstić information content (AvgIpc) is 2.30. The van der Waals surface area contributed by atoms with Crippen LogP contribution in [0.3, 0.4) is 0 Å². The smallest absolute Gasteiger partial charge is 0.311 e. The van der Waals surface area contributed by atoms with E-state index in [9.17, 15) is 9.90 Å². The first-order valence-corrected chi connectivity index (χ1v) is 7.78. The molecule has 2 rings (SSSR count). The fraction of sp³-hybridized carbons (Fsp3) is 0.611. The maximum Gasteiger partial charge on any atom is 0.311 e. The SMILES string of the molecule is Cc1ccc(N)c(C(C(=O)O)C2CC(C)CC(C)(C)C2)c1. The molecule has 1 saturated carbocycles. The van der Waals surface area contributed by atoms with Crippen LogP contribution in [-0.2, 0) is 4.79 Å². The molecule has 3 nitrogen and oxygen atoms in total. The monoisotopic (exact) mass is 289 g/mol. The van der Waals surface area contributed by atoms with Crippen molar-refractivity contribution in [1.82, 2.24) is 0 Å². The molecular formula is C18H27NO2. The lowest BCUT2D eigenvalue weighted by Crippen LogP contribution is -2.34. The Bertz CT molecular complexity index is 536. The lowest BCUT2D eigenvalue weighted by atomic mass is 9.63. The van der Waals surface area contributed by atoms with Crippen molar-refractivity contribution in [3.8, 4) is 0 Å². The number of nitrogens with two attached hydrogens (primary N) is 1. The molecule has 1 aliphatic carbocycles. The molecule has 1 fully saturated rings. The third-order valence-corrected chi connectivity index (χ3v) is 4.74. The summed E-state index contributed by atoms with van der Waals surface area (Å²) in [6.07, 6.45) is 3.08. The Morgan fingerprint density at radius 1 is 1.38 bits per heavy atom. The molecule has 0 spiro atoms. The zero-order valence-corrected chi connectivity index (χ0v) is 13.5. The van der Waals surface area contributed by atoms with E-state index in [0.29, 0.717) is 11.6 Å². The molecule has 21 heavy (non-hydrogen) atoms. The zero-order chi connectivity index (χ0) is 15.8. The molecule has 1 aromatic carbocycles. The number of hydrogen-bond donors (Lipinski definition) is 2. The van der Waals surface area contributed by atoms with Crippen LogP contribution >= 0.6 is 0 Å². The van der Waals surface area contributed by atoms with Gasteiger partial charge in [0.15, 0.2) is 0 Å². The minimum absolute atomic E-state index is 0.158. The van der Waals surface area contributed by atoms with E-state index in [1.54, 1.807) is 0 Å². The van der Waals surface area contributed by atoms with Crippen LogP contribution in [0.5, 0.6) is 0 Å². The average molecular weight is 289 g/mol. The van der Waals surface area contributed by atoms with E-state index in [2.05, 4.69) is 20.8 Å². The van der Waals surface area contributed by atoms with E-state index >= 15 is 0 Å². The fourth-order valence-corrected chi connectivity index (χ4v) is 4.23. The van der Waals surface area contributed by atoms with Crippen molar-refractivity contribution in [3.05, 3.63) is 29.3 Å². The summed E-state index contributed by atoms with van der Waals surface area (Å²) in [6, 6.07) is 5.71. The van der Waals surface area contributed by atoms with Crippen LogP contribution in [-0.4, -0.2) is 11.1 Å². The number of carboxylic acids is 1. The van der Waals surface area contributed by atoms with Crippen LogP contribution in [0.25, 0.3) is 0 Å². The first kappa shape index (κ1) is 15.9. The zero-order valence-electron chi connectivity index (χ0n) is 13.5. The summed E-state index contributed by atoms with van der Waals surface area (Å²) in [7, 11) is 0. The van der Waals surface area contributed by atoms with Crippen molar-refractivity contribution >= 4 is 11.7 Å². The van der Waals surface area contributed by atoms with E-state index in [1.165, 1.54) is 6.42 Å². The van der Waals surface area contributed by atoms with Crippen molar-refractivity contribution in [1.29, 1.82) is 0 Å². The molecule has 116 valence electrons. The van der Waals surface area contributed by atoms with Gasteiger partial charge in [0.25, 0.3) is 0 Å². The van der Waals surface area contributed by atoms with Gasteiger partial charge < -0.3 is 10.8 Å². The number of carboxylic acid groups (broad SMARTS) is 1. The van der Waals surface area contributed by atoms with E-state index < -0.39 is 11.9 Å². The van der Waals surface area contributed by atoms with Gasteiger partial charge in [-0.25, -0.2) is 0 Å². The molecule has 3 heteroatoms. The molecule has 0 aromatic heterocycles. The van der Waals surface area contributed by atoms with Crippen molar-refractivity contribution in [2.45, 2.75) is 52.9 Å². The molecule has 3 atom stereocenters. The highest BCUT2D eigenvalue weighted by Crippen LogP contribution is 2.47. The number of rotatable bonds is 3. The first-order valence-electron chi connectivity index (χ1n) is 7.78. The molecule has 3 unspecified atom stereocenters. The van der Waals surface area contributed by atoms with E-state index in [1.807, 2.05) is 25.1 Å². The third-order valence-electron chi connectivity index (χ3n) is 4.74. The highest BCUT2D eigenvalue weighted by atomic mass is 16.4. The molecule has 1 aromatic rings. The number of aryl methyl sites for hydroxylation is 1. The Labute approximate surface area is 127 Å². The maximum atomic E-state index is 11.9. The topological polar surface area (TPSA) is 63.3 Å². The lowest BCUT2D eigenvalue weighted by molar-refractivity contribution is -0.141. The summed E-state index contributed by atoms with van der Waals surface area (Å²) in [5, 5.41) is 9.80. The number of nitrogen functional groups attached to an aromatic ring is 1. The Hall–Kier alpha value is -1.51. The first-order chi connectivity index (χ1) is 9.69. The molecule has 0 amide bonds. The summed E-state index contributed by atoms with van der Waals surface area (Å²) in [4.78, 5) is 11.9. The number of anilines is 1. The van der Waals surface area contributed by atoms with Gasteiger partial charge in [-0.1, -0.05) is 38.5 Å². The standard InChI is InChI=1S/C18H27NO2/c1-11-5-6-15(19)14(8-11)16(17(20)21)13-7-12(2)9-18(3,4)10-13/h5-6,8,12-13,16H,7,9-10,19H2,1-4H3,(H,20,21). The van der Waals surface area contributed by atoms with E-state index in [-0.39, 0.29) is 11.3 Å². The second kappa shape index (κ2) is 5.70. The van der Waals surface area contributed by atoms with E-state index in [4.69, 9.17) is 5.73 Å². The predicted molar refractivity (Wildman–Crippen MR) is 86.3 cm³/mol. The highest BCUT2D eigenvalue weighted by molar-refractivity contribution is 5.79. The van der Waals surface area contributed by atoms with Crippen molar-refractivity contribution in [2.75, 3.05) is 5.73 Å². The van der Waals surface area contributed by atoms with Gasteiger partial charge in [0.2, 0.25) is 0 Å². The molecule has 0 bridgehead atoms. The number of hydrogen-bond acceptors (Lipinski definition) is 2. The van der Waals surface area contributed by atoms with Crippen LogP contribution in [0.4, 0.5) is 5.69 Å². The molecule has 0 aliphatic heterocycles. The molecule has 0 heterocycles. The quantitative estimate of drug-likeness (QED) is 0.819. The third kappa shape index (κ3) is 3.58. The minimum Gasteiger partial charge on any atom is -0.481 e. The van der Waals surface area contributed by atoms with Gasteiger partial charge in [-0.05, 0) is 55.1 Å². The summed E-state index contributed by atoms with van der Waals surface area (Å²) >= 11 is 0.